The quantitative estimate of drug-likeness (QED) is 0.605. The first-order valence-electron chi connectivity index (χ1n) is 12.0. The second-order valence-electron chi connectivity index (χ2n) is 9.92. The van der Waals surface area contributed by atoms with Crippen LogP contribution in [0.2, 0.25) is 0 Å². The monoisotopic (exact) mass is 505 g/mol. The third-order valence-corrected chi connectivity index (χ3v) is 6.98. The number of para-hydroxylation sites is 1. The number of nitrogens with zero attached hydrogens (tertiary/aromatic N) is 3. The lowest BCUT2D eigenvalue weighted by atomic mass is 9.80. The Hall–Kier alpha value is -4.26. The van der Waals surface area contributed by atoms with Crippen molar-refractivity contribution in [2.45, 2.75) is 44.2 Å². The van der Waals surface area contributed by atoms with E-state index in [1.54, 1.807) is 18.2 Å². The lowest BCUT2D eigenvalue weighted by molar-refractivity contribution is -0.149. The van der Waals surface area contributed by atoms with Crippen LogP contribution in [0.25, 0.3) is 0 Å². The predicted molar refractivity (Wildman–Crippen MR) is 134 cm³/mol. The molecule has 0 radical (unpaired) electrons. The number of benzene rings is 2. The molecule has 2 aromatic carbocycles. The third-order valence-electron chi connectivity index (χ3n) is 6.98. The first-order chi connectivity index (χ1) is 17.6. The van der Waals surface area contributed by atoms with Crippen molar-refractivity contribution in [2.75, 3.05) is 24.2 Å². The Bertz CT molecular complexity index is 1290. The zero-order valence-corrected chi connectivity index (χ0v) is 20.8. The normalized spacial score (nSPS) is 20.8. The molecule has 1 saturated heterocycles. The smallest absolute Gasteiger partial charge is 0.313 e. The van der Waals surface area contributed by atoms with Gasteiger partial charge >= 0.3 is 11.8 Å². The van der Waals surface area contributed by atoms with Gasteiger partial charge in [0.2, 0.25) is 11.8 Å². The molecule has 10 heteroatoms. The van der Waals surface area contributed by atoms with E-state index in [1.165, 1.54) is 24.1 Å². The second-order valence-corrected chi connectivity index (χ2v) is 9.92. The van der Waals surface area contributed by atoms with Gasteiger partial charge in [0.15, 0.2) is 0 Å². The van der Waals surface area contributed by atoms with Gasteiger partial charge in [-0.15, -0.1) is 0 Å². The lowest BCUT2D eigenvalue weighted by Crippen LogP contribution is -2.53. The summed E-state index contributed by atoms with van der Waals surface area (Å²) in [7, 11) is 1.36. The molecule has 4 amide bonds. The van der Waals surface area contributed by atoms with Crippen molar-refractivity contribution in [3.63, 3.8) is 0 Å². The fourth-order valence-electron chi connectivity index (χ4n) is 5.07. The van der Waals surface area contributed by atoms with Crippen LogP contribution in [0.3, 0.4) is 0 Å². The summed E-state index contributed by atoms with van der Waals surface area (Å²) in [5.41, 5.74) is 0.565. The first-order valence-corrected chi connectivity index (χ1v) is 12.0. The van der Waals surface area contributed by atoms with E-state index in [2.05, 4.69) is 16.7 Å². The molecule has 4 rings (SSSR count). The number of hydrogen-bond donors (Lipinski definition) is 2. The minimum Gasteiger partial charge on any atom is -0.325 e. The molecule has 3 atom stereocenters. The fourth-order valence-corrected chi connectivity index (χ4v) is 5.07. The topological polar surface area (TPSA) is 123 Å². The molecular formula is C27H28FN5O4. The molecule has 2 heterocycles. The van der Waals surface area contributed by atoms with E-state index in [4.69, 9.17) is 0 Å². The van der Waals surface area contributed by atoms with Crippen molar-refractivity contribution in [2.24, 2.45) is 5.92 Å². The SMILES string of the molecule is CC(C)C[C@@H](C(=O)N1C[C@]2(C[C@H]1C#N)C(=O)Nc1ccccc12)N(C)C(=O)C(=O)Nc1ccc(F)cc1. The number of anilines is 2. The third kappa shape index (κ3) is 4.77. The van der Waals surface area contributed by atoms with Crippen molar-refractivity contribution in [1.82, 2.24) is 9.80 Å². The standard InChI is InChI=1S/C27H28FN5O4/c1-16(2)12-22(32(3)25(36)23(34)30-18-10-8-17(28)9-11-18)24(35)33-15-27(13-19(33)14-29)20-6-4-5-7-21(20)31-26(27)37/h4-11,16,19,22H,12-13,15H2,1-3H3,(H,30,34)(H,31,37)/t19-,22-,27-/m0/s1. The minimum absolute atomic E-state index is 0.00862. The van der Waals surface area contributed by atoms with Crippen LogP contribution in [0.4, 0.5) is 15.8 Å². The zero-order valence-electron chi connectivity index (χ0n) is 20.8. The Kier molecular flexibility index (Phi) is 6.99. The Morgan fingerprint density at radius 2 is 1.89 bits per heavy atom. The van der Waals surface area contributed by atoms with Crippen LogP contribution >= 0.6 is 0 Å². The first kappa shape index (κ1) is 25.8. The highest BCUT2D eigenvalue weighted by Gasteiger charge is 2.56. The van der Waals surface area contributed by atoms with Gasteiger partial charge in [-0.1, -0.05) is 32.0 Å². The number of fused-ring (bicyclic) bond motifs is 2. The maximum Gasteiger partial charge on any atom is 0.313 e. The van der Waals surface area contributed by atoms with E-state index in [1.807, 2.05) is 19.9 Å². The van der Waals surface area contributed by atoms with Crippen LogP contribution in [0.5, 0.6) is 0 Å². The summed E-state index contributed by atoms with van der Waals surface area (Å²) in [5, 5.41) is 15.2. The molecule has 0 saturated carbocycles. The highest BCUT2D eigenvalue weighted by atomic mass is 19.1. The summed E-state index contributed by atoms with van der Waals surface area (Å²) in [5.74, 6) is -3.20. The Morgan fingerprint density at radius 1 is 1.22 bits per heavy atom. The van der Waals surface area contributed by atoms with Crippen molar-refractivity contribution in [3.8, 4) is 6.07 Å². The van der Waals surface area contributed by atoms with E-state index in [0.717, 1.165) is 22.6 Å². The van der Waals surface area contributed by atoms with Crippen molar-refractivity contribution in [1.29, 1.82) is 5.26 Å². The average Bonchev–Trinajstić information content (AvgIpc) is 3.40. The summed E-state index contributed by atoms with van der Waals surface area (Å²) in [6, 6.07) is 12.4. The number of nitriles is 1. The predicted octanol–water partition coefficient (Wildman–Crippen LogP) is 2.65. The largest absolute Gasteiger partial charge is 0.325 e. The van der Waals surface area contributed by atoms with Gasteiger partial charge in [0.1, 0.15) is 17.9 Å². The summed E-state index contributed by atoms with van der Waals surface area (Å²) in [4.78, 5) is 55.0. The molecule has 2 aliphatic heterocycles. The van der Waals surface area contributed by atoms with Crippen LogP contribution in [0.15, 0.2) is 48.5 Å². The van der Waals surface area contributed by atoms with E-state index in [-0.39, 0.29) is 36.9 Å². The molecule has 9 nitrogen and oxygen atoms in total. The molecule has 2 aliphatic rings. The van der Waals surface area contributed by atoms with Crippen LogP contribution in [-0.4, -0.2) is 59.1 Å². The van der Waals surface area contributed by atoms with Crippen LogP contribution in [-0.2, 0) is 24.6 Å². The maximum atomic E-state index is 13.8. The number of carbonyl (C=O) groups excluding carboxylic acids is 4. The van der Waals surface area contributed by atoms with Crippen molar-refractivity contribution >= 4 is 35.0 Å². The van der Waals surface area contributed by atoms with E-state index in [0.29, 0.717) is 5.69 Å². The molecule has 0 aromatic heterocycles. The van der Waals surface area contributed by atoms with Gasteiger partial charge in [0.05, 0.1) is 11.5 Å². The maximum absolute atomic E-state index is 13.8. The molecule has 1 fully saturated rings. The number of likely N-dealkylation sites (tertiary alicyclic amines) is 1. The van der Waals surface area contributed by atoms with E-state index < -0.39 is 41.0 Å². The van der Waals surface area contributed by atoms with Crippen LogP contribution in [0.1, 0.15) is 32.3 Å². The molecule has 0 bridgehead atoms. The number of rotatable bonds is 5. The minimum atomic E-state index is -1.06. The van der Waals surface area contributed by atoms with Gasteiger partial charge in [-0.25, -0.2) is 4.39 Å². The zero-order chi connectivity index (χ0) is 26.9. The van der Waals surface area contributed by atoms with E-state index >= 15 is 0 Å². The van der Waals surface area contributed by atoms with E-state index in [9.17, 15) is 28.8 Å². The number of amides is 4. The molecule has 0 aliphatic carbocycles. The molecule has 2 aromatic rings. The lowest BCUT2D eigenvalue weighted by Gasteiger charge is -2.33. The highest BCUT2D eigenvalue weighted by Crippen LogP contribution is 2.46. The fraction of sp³-hybridized carbons (Fsp3) is 0.370. The summed E-state index contributed by atoms with van der Waals surface area (Å²) < 4.78 is 13.2. The molecule has 192 valence electrons. The Morgan fingerprint density at radius 3 is 2.54 bits per heavy atom. The summed E-state index contributed by atoms with van der Waals surface area (Å²) >= 11 is 0. The summed E-state index contributed by atoms with van der Waals surface area (Å²) in [6.07, 6.45) is 0.379. The molecule has 37 heavy (non-hydrogen) atoms. The van der Waals surface area contributed by atoms with Crippen molar-refractivity contribution in [3.05, 3.63) is 59.9 Å². The van der Waals surface area contributed by atoms with Gasteiger partial charge < -0.3 is 20.4 Å². The number of nitrogens with one attached hydrogen (secondary N) is 2. The highest BCUT2D eigenvalue weighted by molar-refractivity contribution is 6.39. The van der Waals surface area contributed by atoms with Gasteiger partial charge in [-0.05, 0) is 48.2 Å². The van der Waals surface area contributed by atoms with Crippen molar-refractivity contribution < 1.29 is 23.6 Å². The number of hydrogen-bond acceptors (Lipinski definition) is 5. The van der Waals surface area contributed by atoms with Gasteiger partial charge in [0, 0.05) is 31.4 Å². The number of carbonyl (C=O) groups is 4. The van der Waals surface area contributed by atoms with Crippen LogP contribution < -0.4 is 10.6 Å². The molecule has 0 unspecified atom stereocenters. The van der Waals surface area contributed by atoms with Gasteiger partial charge in [-0.3, -0.25) is 19.2 Å². The van der Waals surface area contributed by atoms with Crippen LogP contribution in [0, 0.1) is 23.1 Å². The summed E-state index contributed by atoms with van der Waals surface area (Å²) in [6.45, 7) is 3.75. The molecular weight excluding hydrogens is 477 g/mol. The molecule has 2 N–H and O–H groups in total. The second kappa shape index (κ2) is 10.0. The molecule has 1 spiro atoms. The Balaban J connectivity index is 1.58. The number of halogens is 1. The van der Waals surface area contributed by atoms with Gasteiger partial charge in [-0.2, -0.15) is 5.26 Å². The number of likely N-dealkylation sites (N-methyl/N-ethyl adjacent to an activating group) is 1. The van der Waals surface area contributed by atoms with Gasteiger partial charge in [0.25, 0.3) is 0 Å². The Labute approximate surface area is 214 Å². The average molecular weight is 506 g/mol.